The molecule has 0 radical (unpaired) electrons. The van der Waals surface area contributed by atoms with Crippen LogP contribution in [0.4, 0.5) is 5.69 Å². The van der Waals surface area contributed by atoms with E-state index in [-0.39, 0.29) is 38.1 Å². The van der Waals surface area contributed by atoms with Crippen LogP contribution in [-0.2, 0) is 23.9 Å². The maximum atomic E-state index is 14.4. The molecule has 8 nitrogen and oxygen atoms in total. The van der Waals surface area contributed by atoms with E-state index in [1.807, 2.05) is 6.92 Å². The summed E-state index contributed by atoms with van der Waals surface area (Å²) in [6.07, 6.45) is 5.61. The van der Waals surface area contributed by atoms with Gasteiger partial charge in [0.05, 0.1) is 22.2 Å². The van der Waals surface area contributed by atoms with Crippen molar-refractivity contribution < 1.29 is 29.0 Å². The van der Waals surface area contributed by atoms with Crippen LogP contribution in [0.1, 0.15) is 39.0 Å². The summed E-state index contributed by atoms with van der Waals surface area (Å²) in [6.45, 7) is 9.81. The summed E-state index contributed by atoms with van der Waals surface area (Å²) in [6, 6.07) is 6.08. The Labute approximate surface area is 222 Å². The minimum absolute atomic E-state index is 0.0244. The van der Waals surface area contributed by atoms with Gasteiger partial charge in [0.1, 0.15) is 24.2 Å². The van der Waals surface area contributed by atoms with Crippen LogP contribution in [0.3, 0.4) is 0 Å². The molecule has 2 amide bonds. The number of fused-ring (bicyclic) bond motifs is 1. The quantitative estimate of drug-likeness (QED) is 0.252. The van der Waals surface area contributed by atoms with Gasteiger partial charge in [0.2, 0.25) is 5.91 Å². The molecule has 3 heterocycles. The fourth-order valence-electron chi connectivity index (χ4n) is 6.48. The summed E-state index contributed by atoms with van der Waals surface area (Å²) in [4.78, 5) is 44.8. The second-order valence-corrected chi connectivity index (χ2v) is 10.3. The summed E-state index contributed by atoms with van der Waals surface area (Å²) in [5, 5.41) is 9.75. The molecule has 3 saturated heterocycles. The maximum Gasteiger partial charge on any atom is 0.313 e. The van der Waals surface area contributed by atoms with E-state index in [0.29, 0.717) is 42.8 Å². The monoisotopic (exact) mass is 530 g/mol. The van der Waals surface area contributed by atoms with Crippen LogP contribution in [-0.4, -0.2) is 71.3 Å². The van der Waals surface area contributed by atoms with E-state index in [0.717, 1.165) is 0 Å². The SMILES string of the molecule is C=CCOC(=O)[C@@H]1[C@H]2C(=O)N(CCCCO)C(C(=O)N(CC=C)c3ccccc3Cl)C23CC[C@@]1(CC)O3. The molecule has 0 aromatic heterocycles. The molecule has 9 heteroatoms. The number of benzene rings is 1. The van der Waals surface area contributed by atoms with Gasteiger partial charge in [-0.3, -0.25) is 14.4 Å². The first-order valence-electron chi connectivity index (χ1n) is 12.9. The molecule has 1 aromatic carbocycles. The Hall–Kier alpha value is -2.68. The number of esters is 1. The number of hydrogen-bond acceptors (Lipinski definition) is 6. The van der Waals surface area contributed by atoms with Crippen LogP contribution in [0.25, 0.3) is 0 Å². The molecule has 3 fully saturated rings. The molecule has 37 heavy (non-hydrogen) atoms. The number of carbonyl (C=O) groups excluding carboxylic acids is 3. The molecule has 2 bridgehead atoms. The van der Waals surface area contributed by atoms with E-state index in [2.05, 4.69) is 13.2 Å². The van der Waals surface area contributed by atoms with Crippen molar-refractivity contribution >= 4 is 35.1 Å². The summed E-state index contributed by atoms with van der Waals surface area (Å²) >= 11 is 6.48. The van der Waals surface area contributed by atoms with Crippen LogP contribution in [0.2, 0.25) is 5.02 Å². The highest BCUT2D eigenvalue weighted by atomic mass is 35.5. The van der Waals surface area contributed by atoms with Crippen LogP contribution < -0.4 is 4.90 Å². The average Bonchev–Trinajstić information content (AvgIpc) is 3.50. The number of halogens is 1. The lowest BCUT2D eigenvalue weighted by atomic mass is 9.65. The molecular weight excluding hydrogens is 496 g/mol. The minimum Gasteiger partial charge on any atom is -0.461 e. The normalized spacial score (nSPS) is 29.8. The standard InChI is InChI=1S/C28H35ClN2O6/c1-4-15-30(20-12-8-7-11-19(20)29)25(34)23-28-14-13-27(6-3,37-28)22(26(35)36-18-5-2)21(28)24(33)31(23)16-9-10-17-32/h4-5,7-8,11-12,21-23,32H,1-2,6,9-10,13-18H2,3H3/t21-,22-,23?,27+,28?/m0/s1. The number of likely N-dealkylation sites (tertiary alicyclic amines) is 1. The van der Waals surface area contributed by atoms with Crippen LogP contribution in [0.15, 0.2) is 49.6 Å². The van der Waals surface area contributed by atoms with Crippen molar-refractivity contribution in [2.45, 2.75) is 56.3 Å². The van der Waals surface area contributed by atoms with Crippen molar-refractivity contribution in [3.63, 3.8) is 0 Å². The zero-order chi connectivity index (χ0) is 26.8. The van der Waals surface area contributed by atoms with Gasteiger partial charge in [-0.05, 0) is 44.2 Å². The Bertz CT molecular complexity index is 1080. The van der Waals surface area contributed by atoms with Gasteiger partial charge in [-0.25, -0.2) is 0 Å². The van der Waals surface area contributed by atoms with Crippen LogP contribution in [0.5, 0.6) is 0 Å². The Balaban J connectivity index is 1.80. The third-order valence-corrected chi connectivity index (χ3v) is 8.36. The minimum atomic E-state index is -1.16. The number of anilines is 1. The number of aliphatic hydroxyl groups is 1. The molecular formula is C28H35ClN2O6. The van der Waals surface area contributed by atoms with E-state index in [4.69, 9.17) is 21.1 Å². The Morgan fingerprint density at radius 3 is 2.68 bits per heavy atom. The van der Waals surface area contributed by atoms with Crippen molar-refractivity contribution in [1.29, 1.82) is 0 Å². The third kappa shape index (κ3) is 4.39. The van der Waals surface area contributed by atoms with Gasteiger partial charge < -0.3 is 24.4 Å². The number of amides is 2. The fraction of sp³-hybridized carbons (Fsp3) is 0.536. The van der Waals surface area contributed by atoms with Gasteiger partial charge in [-0.2, -0.15) is 0 Å². The Morgan fingerprint density at radius 2 is 2.03 bits per heavy atom. The number of para-hydroxylation sites is 1. The number of aliphatic hydroxyl groups excluding tert-OH is 1. The molecule has 4 rings (SSSR count). The smallest absolute Gasteiger partial charge is 0.313 e. The number of ether oxygens (including phenoxy) is 2. The first kappa shape index (κ1) is 27.4. The van der Waals surface area contributed by atoms with Crippen LogP contribution in [0, 0.1) is 11.8 Å². The number of nitrogens with zero attached hydrogens (tertiary/aromatic N) is 2. The van der Waals surface area contributed by atoms with E-state index in [1.165, 1.54) is 11.0 Å². The first-order valence-corrected chi connectivity index (χ1v) is 13.3. The highest BCUT2D eigenvalue weighted by molar-refractivity contribution is 6.34. The lowest BCUT2D eigenvalue weighted by Crippen LogP contribution is -2.56. The summed E-state index contributed by atoms with van der Waals surface area (Å²) in [5.74, 6) is -2.77. The molecule has 1 N–H and O–H groups in total. The first-order chi connectivity index (χ1) is 17.8. The van der Waals surface area contributed by atoms with Crippen molar-refractivity contribution in [1.82, 2.24) is 4.90 Å². The van der Waals surface area contributed by atoms with Gasteiger partial charge >= 0.3 is 5.97 Å². The summed E-state index contributed by atoms with van der Waals surface area (Å²) in [5.41, 5.74) is -1.53. The number of rotatable bonds is 12. The number of carbonyl (C=O) groups is 3. The lowest BCUT2D eigenvalue weighted by molar-refractivity contribution is -0.159. The van der Waals surface area contributed by atoms with E-state index in [9.17, 15) is 19.5 Å². The second-order valence-electron chi connectivity index (χ2n) is 9.90. The maximum absolute atomic E-state index is 14.4. The molecule has 3 aliphatic heterocycles. The highest BCUT2D eigenvalue weighted by Crippen LogP contribution is 2.64. The molecule has 0 aliphatic carbocycles. The predicted octanol–water partition coefficient (Wildman–Crippen LogP) is 3.52. The number of hydrogen-bond donors (Lipinski definition) is 1. The largest absolute Gasteiger partial charge is 0.461 e. The van der Waals surface area contributed by atoms with Crippen molar-refractivity contribution in [3.8, 4) is 0 Å². The van der Waals surface area contributed by atoms with E-state index >= 15 is 0 Å². The molecule has 0 saturated carbocycles. The van der Waals surface area contributed by atoms with Gasteiger partial charge in [-0.1, -0.05) is 49.4 Å². The summed E-state index contributed by atoms with van der Waals surface area (Å²) in [7, 11) is 0. The molecule has 3 aliphatic rings. The van der Waals surface area contributed by atoms with E-state index < -0.39 is 35.0 Å². The molecule has 1 spiro atoms. The van der Waals surface area contributed by atoms with Crippen molar-refractivity contribution in [3.05, 3.63) is 54.6 Å². The van der Waals surface area contributed by atoms with E-state index in [1.54, 1.807) is 35.2 Å². The lowest BCUT2D eigenvalue weighted by Gasteiger charge is -2.37. The Morgan fingerprint density at radius 1 is 1.27 bits per heavy atom. The highest BCUT2D eigenvalue weighted by Gasteiger charge is 2.79. The van der Waals surface area contributed by atoms with Gasteiger partial charge in [0, 0.05) is 19.7 Å². The zero-order valence-corrected chi connectivity index (χ0v) is 22.0. The van der Waals surface area contributed by atoms with Gasteiger partial charge in [-0.15, -0.1) is 6.58 Å². The van der Waals surface area contributed by atoms with Gasteiger partial charge in [0.15, 0.2) is 0 Å². The van der Waals surface area contributed by atoms with Gasteiger partial charge in [0.25, 0.3) is 5.91 Å². The fourth-order valence-corrected chi connectivity index (χ4v) is 6.71. The predicted molar refractivity (Wildman–Crippen MR) is 140 cm³/mol. The molecule has 5 atom stereocenters. The third-order valence-electron chi connectivity index (χ3n) is 8.04. The number of unbranched alkanes of at least 4 members (excludes halogenated alkanes) is 1. The summed E-state index contributed by atoms with van der Waals surface area (Å²) < 4.78 is 12.2. The second kappa shape index (κ2) is 11.0. The average molecular weight is 531 g/mol. The molecule has 2 unspecified atom stereocenters. The Kier molecular flexibility index (Phi) is 8.11. The molecule has 1 aromatic rings. The zero-order valence-electron chi connectivity index (χ0n) is 21.2. The molecule has 200 valence electrons. The topological polar surface area (TPSA) is 96.4 Å². The van der Waals surface area contributed by atoms with Crippen molar-refractivity contribution in [2.75, 3.05) is 31.2 Å². The van der Waals surface area contributed by atoms with Crippen molar-refractivity contribution in [2.24, 2.45) is 11.8 Å². The van der Waals surface area contributed by atoms with Crippen LogP contribution >= 0.6 is 11.6 Å².